The second kappa shape index (κ2) is 6.72. The fourth-order valence-corrected chi connectivity index (χ4v) is 3.90. The van der Waals surface area contributed by atoms with Gasteiger partial charge in [0.15, 0.2) is 5.82 Å². The molecule has 3 aromatic heterocycles. The van der Waals surface area contributed by atoms with Gasteiger partial charge in [-0.15, -0.1) is 11.3 Å². The Hall–Kier alpha value is -2.99. The van der Waals surface area contributed by atoms with Crippen molar-refractivity contribution in [1.29, 1.82) is 0 Å². The van der Waals surface area contributed by atoms with Crippen LogP contribution in [0.2, 0.25) is 0 Å². The number of benzene rings is 1. The van der Waals surface area contributed by atoms with Crippen LogP contribution in [-0.4, -0.2) is 22.1 Å². The van der Waals surface area contributed by atoms with Crippen molar-refractivity contribution >= 4 is 27.4 Å². The Kier molecular flexibility index (Phi) is 4.26. The smallest absolute Gasteiger partial charge is 0.212 e. The number of hydrogen-bond donors (Lipinski definition) is 1. The van der Waals surface area contributed by atoms with Crippen molar-refractivity contribution in [1.82, 2.24) is 15.0 Å². The molecule has 0 bridgehead atoms. The second-order valence-electron chi connectivity index (χ2n) is 6.12. The number of ether oxygens (including phenoxy) is 1. The Morgan fingerprint density at radius 2 is 2.00 bits per heavy atom. The number of nitrogens with two attached hydrogens (primary N) is 1. The van der Waals surface area contributed by atoms with E-state index < -0.39 is 0 Å². The van der Waals surface area contributed by atoms with Crippen molar-refractivity contribution in [3.63, 3.8) is 0 Å². The summed E-state index contributed by atoms with van der Waals surface area (Å²) in [5.74, 6) is 1.79. The minimum absolute atomic E-state index is 0.516. The number of anilines is 1. The van der Waals surface area contributed by atoms with E-state index in [9.17, 15) is 0 Å². The van der Waals surface area contributed by atoms with Gasteiger partial charge in [-0.2, -0.15) is 0 Å². The number of pyridine rings is 1. The van der Waals surface area contributed by atoms with E-state index in [1.807, 2.05) is 30.5 Å². The number of hydrogen-bond acceptors (Lipinski definition) is 6. The maximum atomic E-state index is 6.20. The molecule has 0 aliphatic rings. The molecule has 0 fully saturated rings. The molecule has 6 heteroatoms. The Balaban J connectivity index is 1.69. The maximum Gasteiger partial charge on any atom is 0.212 e. The molecule has 4 aromatic rings. The van der Waals surface area contributed by atoms with Crippen molar-refractivity contribution < 1.29 is 4.74 Å². The average Bonchev–Trinajstić information content (AvgIpc) is 3.05. The number of rotatable bonds is 4. The predicted molar refractivity (Wildman–Crippen MR) is 106 cm³/mol. The summed E-state index contributed by atoms with van der Waals surface area (Å²) in [5, 5.41) is 0.905. The Morgan fingerprint density at radius 1 is 1.12 bits per heavy atom. The van der Waals surface area contributed by atoms with Crippen LogP contribution in [0, 0.1) is 6.92 Å². The summed E-state index contributed by atoms with van der Waals surface area (Å²) in [5.41, 5.74) is 9.47. The monoisotopic (exact) mass is 362 g/mol. The van der Waals surface area contributed by atoms with Crippen molar-refractivity contribution in [3.05, 3.63) is 64.7 Å². The van der Waals surface area contributed by atoms with Gasteiger partial charge in [0.25, 0.3) is 0 Å². The van der Waals surface area contributed by atoms with Crippen LogP contribution < -0.4 is 10.5 Å². The standard InChI is InChI=1S/C20H18N4OS/c1-12-4-3-5-14(8-12)19-23-18(21)16-10-15(26-20(16)24-19)9-13-6-7-17(25-2)22-11-13/h3-8,10-11H,9H2,1-2H3,(H2,21,23,24). The summed E-state index contributed by atoms with van der Waals surface area (Å²) in [6.45, 7) is 2.05. The zero-order chi connectivity index (χ0) is 18.1. The van der Waals surface area contributed by atoms with E-state index in [1.165, 1.54) is 10.4 Å². The summed E-state index contributed by atoms with van der Waals surface area (Å²) in [6, 6.07) is 14.1. The molecule has 0 saturated heterocycles. The minimum atomic E-state index is 0.516. The Bertz CT molecular complexity index is 1070. The first-order valence-corrected chi connectivity index (χ1v) is 9.06. The third-order valence-electron chi connectivity index (χ3n) is 4.13. The third-order valence-corrected chi connectivity index (χ3v) is 5.16. The highest BCUT2D eigenvalue weighted by Crippen LogP contribution is 2.31. The molecule has 1 aromatic carbocycles. The first kappa shape index (κ1) is 16.5. The second-order valence-corrected chi connectivity index (χ2v) is 7.23. The molecular weight excluding hydrogens is 344 g/mol. The fraction of sp³-hybridized carbons (Fsp3) is 0.150. The SMILES string of the molecule is COc1ccc(Cc2cc3c(N)nc(-c4cccc(C)c4)nc3s2)cn1. The number of aromatic nitrogens is 3. The fourth-order valence-electron chi connectivity index (χ4n) is 2.83. The highest BCUT2D eigenvalue weighted by molar-refractivity contribution is 7.18. The van der Waals surface area contributed by atoms with Gasteiger partial charge in [-0.05, 0) is 24.6 Å². The molecule has 0 spiro atoms. The van der Waals surface area contributed by atoms with Crippen LogP contribution in [0.1, 0.15) is 16.0 Å². The van der Waals surface area contributed by atoms with Crippen molar-refractivity contribution in [2.24, 2.45) is 0 Å². The Morgan fingerprint density at radius 3 is 2.73 bits per heavy atom. The van der Waals surface area contributed by atoms with Gasteiger partial charge >= 0.3 is 0 Å². The topological polar surface area (TPSA) is 73.9 Å². The normalized spacial score (nSPS) is 11.0. The molecule has 4 rings (SSSR count). The summed E-state index contributed by atoms with van der Waals surface area (Å²) in [4.78, 5) is 15.6. The molecule has 0 unspecified atom stereocenters. The molecule has 0 saturated carbocycles. The molecule has 3 heterocycles. The van der Waals surface area contributed by atoms with Gasteiger partial charge < -0.3 is 10.5 Å². The van der Waals surface area contributed by atoms with Crippen LogP contribution in [0.5, 0.6) is 5.88 Å². The van der Waals surface area contributed by atoms with Gasteiger partial charge in [-0.1, -0.05) is 29.8 Å². The predicted octanol–water partition coefficient (Wildman–Crippen LogP) is 4.24. The summed E-state index contributed by atoms with van der Waals surface area (Å²) >= 11 is 1.64. The molecule has 130 valence electrons. The molecular formula is C20H18N4OS. The van der Waals surface area contributed by atoms with Crippen molar-refractivity contribution in [2.75, 3.05) is 12.8 Å². The van der Waals surface area contributed by atoms with Gasteiger partial charge in [0.2, 0.25) is 5.88 Å². The molecule has 2 N–H and O–H groups in total. The quantitative estimate of drug-likeness (QED) is 0.588. The highest BCUT2D eigenvalue weighted by atomic mass is 32.1. The number of methoxy groups -OCH3 is 1. The largest absolute Gasteiger partial charge is 0.481 e. The number of nitrogen functional groups attached to an aromatic ring is 1. The number of thiophene rings is 1. The Labute approximate surface area is 155 Å². The zero-order valence-corrected chi connectivity index (χ0v) is 15.4. The van der Waals surface area contributed by atoms with Crippen LogP contribution in [0.4, 0.5) is 5.82 Å². The first-order valence-electron chi connectivity index (χ1n) is 8.24. The zero-order valence-electron chi connectivity index (χ0n) is 14.6. The van der Waals surface area contributed by atoms with E-state index in [0.717, 1.165) is 27.8 Å². The van der Waals surface area contributed by atoms with Gasteiger partial charge in [0.05, 0.1) is 12.5 Å². The molecule has 5 nitrogen and oxygen atoms in total. The summed E-state index contributed by atoms with van der Waals surface area (Å²) in [7, 11) is 1.61. The van der Waals surface area contributed by atoms with E-state index in [-0.39, 0.29) is 0 Å². The van der Waals surface area contributed by atoms with Gasteiger partial charge in [-0.3, -0.25) is 0 Å². The van der Waals surface area contributed by atoms with Crippen LogP contribution >= 0.6 is 11.3 Å². The highest BCUT2D eigenvalue weighted by Gasteiger charge is 2.12. The van der Waals surface area contributed by atoms with Gasteiger partial charge in [0.1, 0.15) is 10.6 Å². The summed E-state index contributed by atoms with van der Waals surface area (Å²) in [6.07, 6.45) is 2.60. The number of nitrogens with zero attached hydrogens (tertiary/aromatic N) is 3. The lowest BCUT2D eigenvalue weighted by atomic mass is 10.1. The van der Waals surface area contributed by atoms with E-state index >= 15 is 0 Å². The van der Waals surface area contributed by atoms with E-state index in [4.69, 9.17) is 15.5 Å². The van der Waals surface area contributed by atoms with E-state index in [2.05, 4.69) is 35.1 Å². The lowest BCUT2D eigenvalue weighted by Crippen LogP contribution is -1.96. The van der Waals surface area contributed by atoms with Crippen LogP contribution in [0.25, 0.3) is 21.6 Å². The molecule has 0 amide bonds. The lowest BCUT2D eigenvalue weighted by molar-refractivity contribution is 0.397. The van der Waals surface area contributed by atoms with E-state index in [1.54, 1.807) is 18.4 Å². The van der Waals surface area contributed by atoms with Gasteiger partial charge in [-0.25, -0.2) is 15.0 Å². The van der Waals surface area contributed by atoms with Crippen molar-refractivity contribution in [3.8, 4) is 17.3 Å². The number of fused-ring (bicyclic) bond motifs is 1. The maximum absolute atomic E-state index is 6.20. The molecule has 0 radical (unpaired) electrons. The third kappa shape index (κ3) is 3.23. The van der Waals surface area contributed by atoms with Gasteiger partial charge in [0, 0.05) is 29.1 Å². The lowest BCUT2D eigenvalue weighted by Gasteiger charge is -2.03. The molecule has 0 aliphatic carbocycles. The average molecular weight is 362 g/mol. The molecule has 0 atom stereocenters. The van der Waals surface area contributed by atoms with E-state index in [0.29, 0.717) is 17.5 Å². The first-order chi connectivity index (χ1) is 12.6. The molecule has 0 aliphatic heterocycles. The minimum Gasteiger partial charge on any atom is -0.481 e. The summed E-state index contributed by atoms with van der Waals surface area (Å²) < 4.78 is 5.10. The molecule has 26 heavy (non-hydrogen) atoms. The van der Waals surface area contributed by atoms with Crippen LogP contribution in [-0.2, 0) is 6.42 Å². The van der Waals surface area contributed by atoms with Crippen LogP contribution in [0.15, 0.2) is 48.7 Å². The van der Waals surface area contributed by atoms with Crippen molar-refractivity contribution in [2.45, 2.75) is 13.3 Å². The number of aryl methyl sites for hydroxylation is 1. The van der Waals surface area contributed by atoms with Crippen LogP contribution in [0.3, 0.4) is 0 Å².